The Morgan fingerprint density at radius 3 is 1.98 bits per heavy atom. The lowest BCUT2D eigenvalue weighted by Gasteiger charge is -2.22. The molecule has 0 saturated carbocycles. The van der Waals surface area contributed by atoms with Crippen molar-refractivity contribution in [3.8, 4) is 0 Å². The van der Waals surface area contributed by atoms with E-state index in [0.29, 0.717) is 23.1 Å². The summed E-state index contributed by atoms with van der Waals surface area (Å²) in [5.74, 6) is -2.63. The number of hydrogen-bond acceptors (Lipinski definition) is 7. The lowest BCUT2D eigenvalue weighted by Crippen LogP contribution is -2.53. The SMILES string of the molecule is O=C1Cc2cccc(c2)CC(O)NCc2cccc(c2)CC(NS(=O)(=O)Cc2ccccc2)C(=O)NC(C(=O)O)Cc2cccc(c2)CN1. The molecular formula is C37H40N4O7S. The summed E-state index contributed by atoms with van der Waals surface area (Å²) in [4.78, 5) is 38.9. The maximum absolute atomic E-state index is 13.7. The van der Waals surface area contributed by atoms with Crippen LogP contribution in [-0.2, 0) is 68.9 Å². The second kappa shape index (κ2) is 16.5. The lowest BCUT2D eigenvalue weighted by molar-refractivity contribution is -0.142. The summed E-state index contributed by atoms with van der Waals surface area (Å²) < 4.78 is 29.1. The first kappa shape index (κ1) is 35.4. The van der Waals surface area contributed by atoms with Crippen LogP contribution in [0.3, 0.4) is 0 Å². The topological polar surface area (TPSA) is 174 Å². The van der Waals surface area contributed by atoms with Gasteiger partial charge in [0, 0.05) is 25.9 Å². The molecule has 1 heterocycles. The van der Waals surface area contributed by atoms with Gasteiger partial charge in [-0.25, -0.2) is 17.9 Å². The maximum atomic E-state index is 13.7. The van der Waals surface area contributed by atoms with Gasteiger partial charge in [0.1, 0.15) is 18.3 Å². The summed E-state index contributed by atoms with van der Waals surface area (Å²) in [5, 5.41) is 29.3. The number of carbonyl (C=O) groups excluding carboxylic acids is 2. The van der Waals surface area contributed by atoms with E-state index in [9.17, 15) is 33.0 Å². The van der Waals surface area contributed by atoms with Crippen LogP contribution in [0.4, 0.5) is 0 Å². The highest BCUT2D eigenvalue weighted by molar-refractivity contribution is 7.88. The number of carboxylic acid groups (broad SMARTS) is 1. The number of nitrogens with one attached hydrogen (secondary N) is 4. The van der Waals surface area contributed by atoms with E-state index in [-0.39, 0.29) is 44.0 Å². The number of fused-ring (bicyclic) bond motifs is 6. The first-order valence-electron chi connectivity index (χ1n) is 16.0. The van der Waals surface area contributed by atoms with Crippen molar-refractivity contribution in [1.82, 2.24) is 20.7 Å². The molecule has 1 aliphatic heterocycles. The van der Waals surface area contributed by atoms with Crippen LogP contribution in [0.5, 0.6) is 0 Å². The molecule has 256 valence electrons. The number of carbonyl (C=O) groups is 3. The molecule has 11 nitrogen and oxygen atoms in total. The van der Waals surface area contributed by atoms with Gasteiger partial charge in [0.15, 0.2) is 0 Å². The molecule has 3 atom stereocenters. The van der Waals surface area contributed by atoms with Crippen molar-refractivity contribution in [2.24, 2.45) is 0 Å². The fraction of sp³-hybridized carbons (Fsp3) is 0.270. The van der Waals surface area contributed by atoms with Gasteiger partial charge in [0.05, 0.1) is 12.2 Å². The molecule has 3 unspecified atom stereocenters. The van der Waals surface area contributed by atoms with Gasteiger partial charge in [-0.05, 0) is 45.4 Å². The van der Waals surface area contributed by atoms with Gasteiger partial charge in [-0.3, -0.25) is 14.9 Å². The number of rotatable bonds is 5. The summed E-state index contributed by atoms with van der Waals surface area (Å²) in [6.45, 7) is 0.496. The van der Waals surface area contributed by atoms with Crippen LogP contribution >= 0.6 is 0 Å². The quantitative estimate of drug-likeness (QED) is 0.186. The molecule has 2 amide bonds. The smallest absolute Gasteiger partial charge is 0.326 e. The maximum Gasteiger partial charge on any atom is 0.326 e. The average molecular weight is 685 g/mol. The Morgan fingerprint density at radius 2 is 1.31 bits per heavy atom. The third kappa shape index (κ3) is 11.1. The molecule has 0 fully saturated rings. The van der Waals surface area contributed by atoms with Crippen molar-refractivity contribution >= 4 is 27.8 Å². The first-order chi connectivity index (χ1) is 23.5. The predicted octanol–water partition coefficient (Wildman–Crippen LogP) is 2.35. The Bertz CT molecular complexity index is 1880. The molecule has 1 aliphatic rings. The third-order valence-electron chi connectivity index (χ3n) is 8.13. The Morgan fingerprint density at radius 1 is 0.735 bits per heavy atom. The summed E-state index contributed by atoms with van der Waals surface area (Å²) in [5.41, 5.74) is 4.97. The van der Waals surface area contributed by atoms with Crippen molar-refractivity contribution in [2.45, 2.75) is 62.8 Å². The van der Waals surface area contributed by atoms with Crippen LogP contribution in [0.15, 0.2) is 103 Å². The largest absolute Gasteiger partial charge is 0.480 e. The zero-order valence-corrected chi connectivity index (χ0v) is 27.7. The van der Waals surface area contributed by atoms with Gasteiger partial charge in [0.25, 0.3) is 0 Å². The molecule has 5 rings (SSSR count). The highest BCUT2D eigenvalue weighted by atomic mass is 32.2. The van der Waals surface area contributed by atoms with Gasteiger partial charge >= 0.3 is 5.97 Å². The van der Waals surface area contributed by atoms with E-state index in [0.717, 1.165) is 22.3 Å². The molecular weight excluding hydrogens is 644 g/mol. The fourth-order valence-corrected chi connectivity index (χ4v) is 7.10. The summed E-state index contributed by atoms with van der Waals surface area (Å²) in [6, 6.07) is 27.6. The number of sulfonamides is 1. The number of carboxylic acids is 1. The normalized spacial score (nSPS) is 19.7. The number of aliphatic hydroxyl groups excluding tert-OH is 1. The van der Waals surface area contributed by atoms with Crippen LogP contribution in [-0.4, -0.2) is 54.7 Å². The Balaban J connectivity index is 1.44. The lowest BCUT2D eigenvalue weighted by atomic mass is 10.0. The first-order valence-corrected chi connectivity index (χ1v) is 17.7. The van der Waals surface area contributed by atoms with Crippen LogP contribution < -0.4 is 20.7 Å². The van der Waals surface area contributed by atoms with Crippen molar-refractivity contribution < 1.29 is 33.0 Å². The predicted molar refractivity (Wildman–Crippen MR) is 184 cm³/mol. The van der Waals surface area contributed by atoms with E-state index in [4.69, 9.17) is 0 Å². The second-order valence-corrected chi connectivity index (χ2v) is 14.0. The molecule has 6 N–H and O–H groups in total. The van der Waals surface area contributed by atoms with E-state index >= 15 is 0 Å². The highest BCUT2D eigenvalue weighted by Crippen LogP contribution is 2.14. The van der Waals surface area contributed by atoms with E-state index in [2.05, 4.69) is 20.7 Å². The highest BCUT2D eigenvalue weighted by Gasteiger charge is 2.29. The second-order valence-electron chi connectivity index (χ2n) is 12.2. The minimum Gasteiger partial charge on any atom is -0.480 e. The van der Waals surface area contributed by atoms with E-state index < -0.39 is 40.2 Å². The minimum absolute atomic E-state index is 0.0510. The van der Waals surface area contributed by atoms with Crippen LogP contribution in [0.25, 0.3) is 0 Å². The Labute approximate surface area is 285 Å². The van der Waals surface area contributed by atoms with E-state index in [1.165, 1.54) is 0 Å². The Kier molecular flexibility index (Phi) is 11.9. The van der Waals surface area contributed by atoms with Crippen LogP contribution in [0.2, 0.25) is 0 Å². The van der Waals surface area contributed by atoms with Crippen molar-refractivity contribution in [1.29, 1.82) is 0 Å². The van der Waals surface area contributed by atoms with Gasteiger partial charge in [0.2, 0.25) is 21.8 Å². The van der Waals surface area contributed by atoms with Gasteiger partial charge in [-0.2, -0.15) is 0 Å². The third-order valence-corrected chi connectivity index (χ3v) is 9.49. The molecule has 49 heavy (non-hydrogen) atoms. The Hall–Kier alpha value is -4.88. The van der Waals surface area contributed by atoms with Gasteiger partial charge in [-0.1, -0.05) is 103 Å². The van der Waals surface area contributed by atoms with Crippen molar-refractivity contribution in [3.63, 3.8) is 0 Å². The summed E-state index contributed by atoms with van der Waals surface area (Å²) in [6.07, 6.45) is -0.559. The molecule has 0 spiro atoms. The van der Waals surface area contributed by atoms with Crippen molar-refractivity contribution in [3.05, 3.63) is 142 Å². The fourth-order valence-electron chi connectivity index (χ4n) is 5.76. The molecule has 4 aromatic rings. The number of benzene rings is 4. The van der Waals surface area contributed by atoms with Gasteiger partial charge < -0.3 is 20.8 Å². The number of amides is 2. The molecule has 4 aromatic carbocycles. The zero-order chi connectivity index (χ0) is 34.8. The van der Waals surface area contributed by atoms with Crippen LogP contribution in [0, 0.1) is 0 Å². The van der Waals surface area contributed by atoms with Crippen LogP contribution in [0.1, 0.15) is 38.9 Å². The number of hydrogen-bond donors (Lipinski definition) is 6. The molecule has 12 heteroatoms. The molecule has 0 aromatic heterocycles. The number of aliphatic carboxylic acids is 1. The zero-order valence-electron chi connectivity index (χ0n) is 26.8. The number of aliphatic hydroxyl groups is 1. The van der Waals surface area contributed by atoms with E-state index in [1.807, 2.05) is 30.3 Å². The molecule has 6 bridgehead atoms. The molecule has 0 saturated heterocycles. The average Bonchev–Trinajstić information content (AvgIpc) is 3.06. The minimum atomic E-state index is -4.03. The van der Waals surface area contributed by atoms with E-state index in [1.54, 1.807) is 72.8 Å². The standard InChI is InChI=1S/C37H40N4O7S/c42-34-20-28-11-4-12-29(15-28)21-35(43)39-23-31-14-6-10-27(17-31)19-33(37(45)46)40-36(44)32(18-26-9-5-13-30(16-26)22-38-34)41-49(47,48)24-25-7-2-1-3-8-25/h1-17,32-34,38,41-42H,18-24H2,(H,39,43)(H,40,44)(H,45,46). The summed E-state index contributed by atoms with van der Waals surface area (Å²) >= 11 is 0. The van der Waals surface area contributed by atoms with Gasteiger partial charge in [-0.15, -0.1) is 0 Å². The van der Waals surface area contributed by atoms with Crippen molar-refractivity contribution in [2.75, 3.05) is 0 Å². The molecule has 0 radical (unpaired) electrons. The summed E-state index contributed by atoms with van der Waals surface area (Å²) in [7, 11) is -4.03. The molecule has 0 aliphatic carbocycles. The monoisotopic (exact) mass is 684 g/mol.